The van der Waals surface area contributed by atoms with Gasteiger partial charge in [0.2, 0.25) is 0 Å². The summed E-state index contributed by atoms with van der Waals surface area (Å²) in [5.74, 6) is 1.28. The molecule has 5 heteroatoms. The molecule has 0 radical (unpaired) electrons. The first-order valence-corrected chi connectivity index (χ1v) is 4.55. The Morgan fingerprint density at radius 2 is 2.40 bits per heavy atom. The summed E-state index contributed by atoms with van der Waals surface area (Å²) in [6.07, 6.45) is 0.711. The highest BCUT2D eigenvalue weighted by Crippen LogP contribution is 2.63. The van der Waals surface area contributed by atoms with E-state index >= 15 is 0 Å². The van der Waals surface area contributed by atoms with Gasteiger partial charge in [0.25, 0.3) is 0 Å². The quantitative estimate of drug-likeness (QED) is 0.551. The molecule has 0 aromatic heterocycles. The Morgan fingerprint density at radius 3 is 2.70 bits per heavy atom. The van der Waals surface area contributed by atoms with Gasteiger partial charge in [-0.15, -0.1) is 0 Å². The molecule has 2 aliphatic heterocycles. The van der Waals surface area contributed by atoms with E-state index in [1.54, 1.807) is 0 Å². The molecule has 0 spiro atoms. The Kier molecular flexibility index (Phi) is 1.11. The molecule has 0 amide bonds. The van der Waals surface area contributed by atoms with Crippen molar-refractivity contribution in [3.05, 3.63) is 11.5 Å². The predicted octanol–water partition coefficient (Wildman–Crippen LogP) is 1.79. The molecule has 0 aliphatic carbocycles. The molecule has 2 aliphatic rings. The van der Waals surface area contributed by atoms with Gasteiger partial charge in [0, 0.05) is 6.42 Å². The van der Waals surface area contributed by atoms with Crippen LogP contribution in [0.5, 0.6) is 0 Å². The van der Waals surface area contributed by atoms with Gasteiger partial charge in [0.05, 0.1) is 0 Å². The Hall–Kier alpha value is -0.470. The predicted molar refractivity (Wildman–Crippen MR) is 33.0 cm³/mol. The summed E-state index contributed by atoms with van der Waals surface area (Å²) < 4.78 is 25.6. The minimum Gasteiger partial charge on any atom is -0.396 e. The number of fused-ring (bicyclic) bond motifs is 2. The Balaban J connectivity index is 2.34. The molecule has 2 bridgehead atoms. The zero-order valence-corrected chi connectivity index (χ0v) is 6.39. The number of rotatable bonds is 1. The van der Waals surface area contributed by atoms with Crippen LogP contribution in [0.2, 0.25) is 0 Å². The molecular formula is C5H7O4P. The van der Waals surface area contributed by atoms with E-state index in [-0.39, 0.29) is 0 Å². The number of hydrogen-bond donors (Lipinski definition) is 0. The monoisotopic (exact) mass is 162 g/mol. The molecule has 1 saturated heterocycles. The van der Waals surface area contributed by atoms with E-state index < -0.39 is 7.82 Å². The van der Waals surface area contributed by atoms with Crippen molar-refractivity contribution >= 4 is 7.82 Å². The molecule has 0 aromatic carbocycles. The van der Waals surface area contributed by atoms with Crippen LogP contribution in [0.15, 0.2) is 11.5 Å². The second kappa shape index (κ2) is 1.77. The molecule has 0 saturated carbocycles. The van der Waals surface area contributed by atoms with Crippen LogP contribution >= 0.6 is 7.82 Å². The molecule has 1 atom stereocenters. The van der Waals surface area contributed by atoms with E-state index in [9.17, 15) is 4.57 Å². The lowest BCUT2D eigenvalue weighted by atomic mass is 10.3. The standard InChI is InChI=1S/C5H7O4P/c1-2-4-5-3-7-10(6,8-4)9-5/h2-3H2,1H3. The summed E-state index contributed by atoms with van der Waals surface area (Å²) in [6, 6.07) is 0. The van der Waals surface area contributed by atoms with Crippen LogP contribution in [0.4, 0.5) is 0 Å². The summed E-state index contributed by atoms with van der Waals surface area (Å²) in [4.78, 5) is 0. The fourth-order valence-corrected chi connectivity index (χ4v) is 2.29. The number of phosphoric ester groups is 1. The van der Waals surface area contributed by atoms with Gasteiger partial charge < -0.3 is 9.05 Å². The van der Waals surface area contributed by atoms with Crippen LogP contribution < -0.4 is 0 Å². The molecule has 2 rings (SSSR count). The zero-order chi connectivity index (χ0) is 7.19. The first-order chi connectivity index (χ1) is 4.73. The van der Waals surface area contributed by atoms with Crippen molar-refractivity contribution in [2.45, 2.75) is 13.3 Å². The Morgan fingerprint density at radius 1 is 1.60 bits per heavy atom. The molecule has 2 heterocycles. The highest BCUT2D eigenvalue weighted by atomic mass is 31.2. The maximum atomic E-state index is 11.1. The van der Waals surface area contributed by atoms with Gasteiger partial charge in [0.15, 0.2) is 5.76 Å². The largest absolute Gasteiger partial charge is 0.587 e. The normalized spacial score (nSPS) is 36.1. The van der Waals surface area contributed by atoms with Crippen molar-refractivity contribution in [2.75, 3.05) is 6.61 Å². The van der Waals surface area contributed by atoms with E-state index in [4.69, 9.17) is 13.6 Å². The summed E-state index contributed by atoms with van der Waals surface area (Å²) in [5, 5.41) is 0. The zero-order valence-electron chi connectivity index (χ0n) is 5.49. The summed E-state index contributed by atoms with van der Waals surface area (Å²) in [6.45, 7) is 2.22. The third-order valence-corrected chi connectivity index (χ3v) is 2.76. The van der Waals surface area contributed by atoms with Gasteiger partial charge in [0.1, 0.15) is 12.4 Å². The Bertz CT molecular complexity index is 244. The third-order valence-electron chi connectivity index (χ3n) is 1.43. The van der Waals surface area contributed by atoms with Crippen molar-refractivity contribution in [1.82, 2.24) is 0 Å². The molecular weight excluding hydrogens is 155 g/mol. The van der Waals surface area contributed by atoms with Crippen LogP contribution in [0.25, 0.3) is 0 Å². The minimum atomic E-state index is -3.12. The summed E-state index contributed by atoms with van der Waals surface area (Å²) in [7, 11) is -3.12. The fraction of sp³-hybridized carbons (Fsp3) is 0.600. The van der Waals surface area contributed by atoms with Gasteiger partial charge in [-0.05, 0) is 0 Å². The molecule has 1 unspecified atom stereocenters. The smallest absolute Gasteiger partial charge is 0.396 e. The fourth-order valence-electron chi connectivity index (χ4n) is 0.949. The van der Waals surface area contributed by atoms with Crippen molar-refractivity contribution in [1.29, 1.82) is 0 Å². The Labute approximate surface area is 58.4 Å². The lowest BCUT2D eigenvalue weighted by molar-refractivity contribution is 0.241. The highest BCUT2D eigenvalue weighted by Gasteiger charge is 2.46. The second-order valence-electron chi connectivity index (χ2n) is 2.10. The maximum Gasteiger partial charge on any atom is 0.587 e. The van der Waals surface area contributed by atoms with Crippen molar-refractivity contribution in [3.8, 4) is 0 Å². The van der Waals surface area contributed by atoms with Crippen molar-refractivity contribution in [2.24, 2.45) is 0 Å². The maximum absolute atomic E-state index is 11.1. The first-order valence-electron chi connectivity index (χ1n) is 3.09. The number of allylic oxidation sites excluding steroid dienone is 1. The van der Waals surface area contributed by atoms with Gasteiger partial charge in [-0.3, -0.25) is 4.52 Å². The van der Waals surface area contributed by atoms with Crippen molar-refractivity contribution < 1.29 is 18.1 Å². The summed E-state index contributed by atoms with van der Waals surface area (Å²) >= 11 is 0. The number of hydrogen-bond acceptors (Lipinski definition) is 4. The van der Waals surface area contributed by atoms with Crippen LogP contribution in [0, 0.1) is 0 Å². The molecule has 4 nitrogen and oxygen atoms in total. The van der Waals surface area contributed by atoms with Gasteiger partial charge in [-0.1, -0.05) is 6.92 Å². The molecule has 0 aromatic rings. The molecule has 1 fully saturated rings. The lowest BCUT2D eigenvalue weighted by Gasteiger charge is -2.06. The lowest BCUT2D eigenvalue weighted by Crippen LogP contribution is -1.95. The van der Waals surface area contributed by atoms with Crippen LogP contribution in [-0.2, 0) is 18.1 Å². The highest BCUT2D eigenvalue weighted by molar-refractivity contribution is 7.49. The van der Waals surface area contributed by atoms with Gasteiger partial charge in [-0.25, -0.2) is 4.57 Å². The topological polar surface area (TPSA) is 44.8 Å². The van der Waals surface area contributed by atoms with E-state index in [2.05, 4.69) is 0 Å². The SMILES string of the molecule is CCC1=C2COP(=O)(O1)O2. The van der Waals surface area contributed by atoms with E-state index in [0.717, 1.165) is 0 Å². The van der Waals surface area contributed by atoms with E-state index in [1.165, 1.54) is 0 Å². The average molecular weight is 162 g/mol. The average Bonchev–Trinajstić information content (AvgIpc) is 2.41. The van der Waals surface area contributed by atoms with E-state index in [0.29, 0.717) is 24.5 Å². The van der Waals surface area contributed by atoms with Gasteiger partial charge >= 0.3 is 7.82 Å². The number of phosphoric acid groups is 1. The van der Waals surface area contributed by atoms with Crippen LogP contribution in [-0.4, -0.2) is 6.61 Å². The first kappa shape index (κ1) is 6.25. The minimum absolute atomic E-state index is 0.306. The summed E-state index contributed by atoms with van der Waals surface area (Å²) in [5.41, 5.74) is 0. The van der Waals surface area contributed by atoms with E-state index in [1.807, 2.05) is 6.92 Å². The van der Waals surface area contributed by atoms with Crippen LogP contribution in [0.1, 0.15) is 13.3 Å². The third kappa shape index (κ3) is 0.693. The second-order valence-corrected chi connectivity index (χ2v) is 3.62. The molecule has 0 N–H and O–H groups in total. The van der Waals surface area contributed by atoms with Gasteiger partial charge in [-0.2, -0.15) is 0 Å². The molecule has 56 valence electrons. The molecule has 10 heavy (non-hydrogen) atoms. The van der Waals surface area contributed by atoms with Crippen LogP contribution in [0.3, 0.4) is 0 Å². The van der Waals surface area contributed by atoms with Crippen molar-refractivity contribution in [3.63, 3.8) is 0 Å².